The Morgan fingerprint density at radius 3 is 2.27 bits per heavy atom. The summed E-state index contributed by atoms with van der Waals surface area (Å²) in [5.41, 5.74) is 1.07. The zero-order valence-corrected chi connectivity index (χ0v) is 14.9. The van der Waals surface area contributed by atoms with Crippen LogP contribution in [0.1, 0.15) is 41.0 Å². The lowest BCUT2D eigenvalue weighted by Crippen LogP contribution is -2.30. The van der Waals surface area contributed by atoms with Gasteiger partial charge in [0.1, 0.15) is 11.6 Å². The number of carbonyl (C=O) groups is 2. The first kappa shape index (κ1) is 18.1. The second kappa shape index (κ2) is 7.68. The van der Waals surface area contributed by atoms with Gasteiger partial charge in [0.05, 0.1) is 6.10 Å². The lowest BCUT2D eigenvalue weighted by Gasteiger charge is -2.17. The quantitative estimate of drug-likeness (QED) is 0.763. The third-order valence-corrected chi connectivity index (χ3v) is 4.45. The van der Waals surface area contributed by atoms with Crippen LogP contribution < -0.4 is 4.74 Å². The van der Waals surface area contributed by atoms with Gasteiger partial charge in [-0.15, -0.1) is 0 Å². The van der Waals surface area contributed by atoms with E-state index in [0.29, 0.717) is 30.6 Å². The first-order chi connectivity index (χ1) is 12.4. The number of ether oxygens (including phenoxy) is 1. The lowest BCUT2D eigenvalue weighted by atomic mass is 9.97. The number of Topliss-reactive ketones (excluding diaryl/α,β-unsaturated/α-hetero) is 1. The molecule has 26 heavy (non-hydrogen) atoms. The summed E-state index contributed by atoms with van der Waals surface area (Å²) in [6.07, 6.45) is 0.699. The highest BCUT2D eigenvalue weighted by atomic mass is 19.1. The predicted molar refractivity (Wildman–Crippen MR) is 96.9 cm³/mol. The molecule has 0 spiro atoms. The summed E-state index contributed by atoms with van der Waals surface area (Å²) in [6, 6.07) is 12.6. The van der Waals surface area contributed by atoms with Gasteiger partial charge in [-0.25, -0.2) is 4.39 Å². The van der Waals surface area contributed by atoms with Gasteiger partial charge < -0.3 is 9.64 Å². The average Bonchev–Trinajstić information content (AvgIpc) is 3.11. The van der Waals surface area contributed by atoms with Crippen LogP contribution in [0.5, 0.6) is 5.75 Å². The van der Waals surface area contributed by atoms with E-state index in [4.69, 9.17) is 4.74 Å². The second-order valence-corrected chi connectivity index (χ2v) is 6.80. The molecule has 136 valence electrons. The zero-order valence-electron chi connectivity index (χ0n) is 14.9. The average molecular weight is 355 g/mol. The summed E-state index contributed by atoms with van der Waals surface area (Å²) in [5.74, 6) is -0.0125. The van der Waals surface area contributed by atoms with Gasteiger partial charge in [0, 0.05) is 30.1 Å². The van der Waals surface area contributed by atoms with E-state index >= 15 is 0 Å². The summed E-state index contributed by atoms with van der Waals surface area (Å²) >= 11 is 0. The van der Waals surface area contributed by atoms with Gasteiger partial charge in [0.2, 0.25) is 0 Å². The van der Waals surface area contributed by atoms with Crippen molar-refractivity contribution >= 4 is 11.7 Å². The molecule has 3 rings (SSSR count). The third kappa shape index (κ3) is 4.10. The highest BCUT2D eigenvalue weighted by molar-refractivity contribution is 5.99. The Morgan fingerprint density at radius 1 is 1.04 bits per heavy atom. The largest absolute Gasteiger partial charge is 0.491 e. The highest BCUT2D eigenvalue weighted by Crippen LogP contribution is 2.23. The van der Waals surface area contributed by atoms with Crippen LogP contribution in [0.25, 0.3) is 0 Å². The molecule has 2 aromatic rings. The third-order valence-electron chi connectivity index (χ3n) is 4.45. The molecule has 1 amide bonds. The Labute approximate surface area is 152 Å². The predicted octanol–water partition coefficient (Wildman–Crippen LogP) is 3.96. The van der Waals surface area contributed by atoms with Crippen LogP contribution in [0.2, 0.25) is 0 Å². The van der Waals surface area contributed by atoms with Gasteiger partial charge in [-0.2, -0.15) is 0 Å². The first-order valence-electron chi connectivity index (χ1n) is 8.80. The van der Waals surface area contributed by atoms with Crippen LogP contribution in [0.3, 0.4) is 0 Å². The van der Waals surface area contributed by atoms with Gasteiger partial charge in [-0.3, -0.25) is 9.59 Å². The van der Waals surface area contributed by atoms with E-state index in [-0.39, 0.29) is 29.5 Å². The summed E-state index contributed by atoms with van der Waals surface area (Å²) < 4.78 is 18.6. The normalized spacial score (nSPS) is 16.8. The molecular formula is C21H22FNO3. The molecular weight excluding hydrogens is 333 g/mol. The maximum absolute atomic E-state index is 13.0. The van der Waals surface area contributed by atoms with Crippen molar-refractivity contribution in [2.45, 2.75) is 26.4 Å². The molecule has 0 aromatic heterocycles. The number of ketones is 1. The molecule has 0 radical (unpaired) electrons. The second-order valence-electron chi connectivity index (χ2n) is 6.80. The summed E-state index contributed by atoms with van der Waals surface area (Å²) in [6.45, 7) is 4.82. The Kier molecular flexibility index (Phi) is 5.35. The van der Waals surface area contributed by atoms with Crippen LogP contribution in [0.4, 0.5) is 4.39 Å². The fourth-order valence-electron chi connectivity index (χ4n) is 3.14. The molecule has 0 bridgehead atoms. The molecule has 1 saturated heterocycles. The SMILES string of the molecule is CC(C)Oc1ccc(C(=O)N2CC[C@H](C(=O)c3ccc(F)cc3)C2)cc1. The minimum Gasteiger partial charge on any atom is -0.491 e. The van der Waals surface area contributed by atoms with Crippen molar-refractivity contribution in [2.24, 2.45) is 5.92 Å². The van der Waals surface area contributed by atoms with Gasteiger partial charge in [0.15, 0.2) is 5.78 Å². The number of benzene rings is 2. The number of halogens is 1. The number of hydrogen-bond donors (Lipinski definition) is 0. The Morgan fingerprint density at radius 2 is 1.65 bits per heavy atom. The summed E-state index contributed by atoms with van der Waals surface area (Å²) in [7, 11) is 0. The number of amides is 1. The van der Waals surface area contributed by atoms with Gasteiger partial charge >= 0.3 is 0 Å². The van der Waals surface area contributed by atoms with E-state index in [2.05, 4.69) is 0 Å². The lowest BCUT2D eigenvalue weighted by molar-refractivity contribution is 0.0780. The van der Waals surface area contributed by atoms with Crippen molar-refractivity contribution in [2.75, 3.05) is 13.1 Å². The van der Waals surface area contributed by atoms with Gasteiger partial charge in [-0.05, 0) is 68.8 Å². The van der Waals surface area contributed by atoms with Crippen molar-refractivity contribution in [3.05, 3.63) is 65.5 Å². The monoisotopic (exact) mass is 355 g/mol. The van der Waals surface area contributed by atoms with Gasteiger partial charge in [-0.1, -0.05) is 0 Å². The Bertz CT molecular complexity index is 784. The van der Waals surface area contributed by atoms with Crippen molar-refractivity contribution < 1.29 is 18.7 Å². The van der Waals surface area contributed by atoms with E-state index in [0.717, 1.165) is 5.75 Å². The minimum atomic E-state index is -0.366. The van der Waals surface area contributed by atoms with Crippen LogP contribution in [0, 0.1) is 11.7 Å². The molecule has 5 heteroatoms. The molecule has 0 N–H and O–H groups in total. The Balaban J connectivity index is 1.63. The van der Waals surface area contributed by atoms with Crippen LogP contribution in [-0.2, 0) is 0 Å². The standard InChI is InChI=1S/C21H22FNO3/c1-14(2)26-19-9-5-16(6-10-19)21(25)23-12-11-17(13-23)20(24)15-3-7-18(22)8-4-15/h3-10,14,17H,11-13H2,1-2H3/t17-/m0/s1. The van der Waals surface area contributed by atoms with E-state index in [9.17, 15) is 14.0 Å². The molecule has 1 atom stereocenters. The molecule has 2 aromatic carbocycles. The highest BCUT2D eigenvalue weighted by Gasteiger charge is 2.31. The molecule has 0 saturated carbocycles. The smallest absolute Gasteiger partial charge is 0.253 e. The van der Waals surface area contributed by atoms with Crippen molar-refractivity contribution in [3.8, 4) is 5.75 Å². The molecule has 1 aliphatic heterocycles. The summed E-state index contributed by atoms with van der Waals surface area (Å²) in [5, 5.41) is 0. The summed E-state index contributed by atoms with van der Waals surface area (Å²) in [4.78, 5) is 26.9. The van der Waals surface area contributed by atoms with E-state index in [1.807, 2.05) is 13.8 Å². The number of carbonyl (C=O) groups excluding carboxylic acids is 2. The number of hydrogen-bond acceptors (Lipinski definition) is 3. The fraction of sp³-hybridized carbons (Fsp3) is 0.333. The molecule has 0 unspecified atom stereocenters. The van der Waals surface area contributed by atoms with Crippen molar-refractivity contribution in [1.29, 1.82) is 0 Å². The fourth-order valence-corrected chi connectivity index (χ4v) is 3.14. The Hall–Kier alpha value is -2.69. The molecule has 4 nitrogen and oxygen atoms in total. The first-order valence-corrected chi connectivity index (χ1v) is 8.80. The molecule has 0 aliphatic carbocycles. The number of likely N-dealkylation sites (tertiary alicyclic amines) is 1. The maximum Gasteiger partial charge on any atom is 0.253 e. The van der Waals surface area contributed by atoms with E-state index < -0.39 is 0 Å². The van der Waals surface area contributed by atoms with Crippen LogP contribution in [-0.4, -0.2) is 35.8 Å². The maximum atomic E-state index is 13.0. The van der Waals surface area contributed by atoms with Crippen LogP contribution >= 0.6 is 0 Å². The zero-order chi connectivity index (χ0) is 18.7. The van der Waals surface area contributed by atoms with E-state index in [1.54, 1.807) is 29.2 Å². The minimum absolute atomic E-state index is 0.0408. The van der Waals surface area contributed by atoms with Crippen molar-refractivity contribution in [3.63, 3.8) is 0 Å². The van der Waals surface area contributed by atoms with Crippen molar-refractivity contribution in [1.82, 2.24) is 4.90 Å². The van der Waals surface area contributed by atoms with E-state index in [1.165, 1.54) is 24.3 Å². The molecule has 1 heterocycles. The number of rotatable bonds is 5. The number of nitrogens with zero attached hydrogens (tertiary/aromatic N) is 1. The molecule has 1 aliphatic rings. The topological polar surface area (TPSA) is 46.6 Å². The molecule has 1 fully saturated rings. The van der Waals surface area contributed by atoms with Gasteiger partial charge in [0.25, 0.3) is 5.91 Å². The van der Waals surface area contributed by atoms with Crippen LogP contribution in [0.15, 0.2) is 48.5 Å².